The van der Waals surface area contributed by atoms with Gasteiger partial charge in [0.05, 0.1) is 16.3 Å². The standard InChI is InChI=1S/C51H33N4OP/c56-57(40-18-8-3-9-19-40)46-23-13-11-21-42(46)44-33-32-43-41-20-10-12-22-45(41)55(47(43)48(44)57)39-30-28-38(29-31-39)51-53-49(36-16-6-2-7-17-36)52-50(54-51)37-26-24-35(25-27-37)34-14-4-1-5-15-34/h1-33H. The molecule has 6 heteroatoms. The van der Waals surface area contributed by atoms with Crippen molar-refractivity contribution in [3.63, 3.8) is 0 Å². The maximum Gasteiger partial charge on any atom is 0.174 e. The fourth-order valence-electron chi connectivity index (χ4n) is 8.40. The number of para-hydroxylation sites is 1. The van der Waals surface area contributed by atoms with Crippen LogP contribution in [-0.4, -0.2) is 19.5 Å². The first-order valence-corrected chi connectivity index (χ1v) is 20.8. The zero-order valence-electron chi connectivity index (χ0n) is 30.7. The van der Waals surface area contributed by atoms with Crippen LogP contribution in [0.3, 0.4) is 0 Å². The Morgan fingerprint density at radius 2 is 0.877 bits per heavy atom. The molecule has 57 heavy (non-hydrogen) atoms. The molecule has 0 fully saturated rings. The first kappa shape index (κ1) is 33.2. The van der Waals surface area contributed by atoms with Crippen molar-refractivity contribution in [2.75, 3.05) is 0 Å². The summed E-state index contributed by atoms with van der Waals surface area (Å²) in [6.45, 7) is 0. The summed E-state index contributed by atoms with van der Waals surface area (Å²) in [6.07, 6.45) is 0. The van der Waals surface area contributed by atoms with Crippen LogP contribution in [-0.2, 0) is 4.57 Å². The van der Waals surface area contributed by atoms with Crippen LogP contribution < -0.4 is 15.9 Å². The van der Waals surface area contributed by atoms with Gasteiger partial charge in [0.2, 0.25) is 0 Å². The predicted octanol–water partition coefficient (Wildman–Crippen LogP) is 11.3. The van der Waals surface area contributed by atoms with E-state index in [1.54, 1.807) is 0 Å². The highest BCUT2D eigenvalue weighted by atomic mass is 31.2. The number of rotatable bonds is 6. The second-order valence-electron chi connectivity index (χ2n) is 14.3. The minimum absolute atomic E-state index is 0.588. The molecule has 2 aromatic heterocycles. The lowest BCUT2D eigenvalue weighted by atomic mass is 10.0. The van der Waals surface area contributed by atoms with Gasteiger partial charge in [0.25, 0.3) is 0 Å². The van der Waals surface area contributed by atoms with Gasteiger partial charge >= 0.3 is 0 Å². The molecular formula is C51H33N4OP. The lowest BCUT2D eigenvalue weighted by Crippen LogP contribution is -2.22. The van der Waals surface area contributed by atoms with Crippen molar-refractivity contribution in [1.82, 2.24) is 19.5 Å². The van der Waals surface area contributed by atoms with Gasteiger partial charge in [-0.15, -0.1) is 0 Å². The van der Waals surface area contributed by atoms with Crippen LogP contribution in [0.4, 0.5) is 0 Å². The monoisotopic (exact) mass is 748 g/mol. The average molecular weight is 749 g/mol. The number of nitrogens with zero attached hydrogens (tertiary/aromatic N) is 4. The van der Waals surface area contributed by atoms with Crippen molar-refractivity contribution in [2.45, 2.75) is 0 Å². The quantitative estimate of drug-likeness (QED) is 0.159. The SMILES string of the molecule is O=P1(c2ccccc2)c2ccccc2-c2ccc3c4ccccc4n(-c4ccc(-c5nc(-c6ccccc6)nc(-c6ccc(-c7ccccc7)cc6)n5)cc4)c3c21. The van der Waals surface area contributed by atoms with Crippen molar-refractivity contribution in [1.29, 1.82) is 0 Å². The van der Waals surface area contributed by atoms with E-state index in [0.29, 0.717) is 17.5 Å². The normalized spacial score (nSPS) is 14.5. The van der Waals surface area contributed by atoms with E-state index in [2.05, 4.69) is 120 Å². The van der Waals surface area contributed by atoms with Crippen molar-refractivity contribution in [2.24, 2.45) is 0 Å². The summed E-state index contributed by atoms with van der Waals surface area (Å²) in [4.78, 5) is 15.0. The molecule has 3 heterocycles. The van der Waals surface area contributed by atoms with Crippen molar-refractivity contribution in [3.8, 4) is 62.1 Å². The molecule has 0 aliphatic carbocycles. The highest BCUT2D eigenvalue weighted by Crippen LogP contribution is 2.55. The Labute approximate surface area is 330 Å². The summed E-state index contributed by atoms with van der Waals surface area (Å²) in [5, 5.41) is 4.81. The smallest absolute Gasteiger partial charge is 0.174 e. The fraction of sp³-hybridized carbons (Fsp3) is 0. The summed E-state index contributed by atoms with van der Waals surface area (Å²) >= 11 is 0. The van der Waals surface area contributed by atoms with E-state index in [4.69, 9.17) is 15.0 Å². The average Bonchev–Trinajstić information content (AvgIpc) is 3.77. The Balaban J connectivity index is 1.08. The van der Waals surface area contributed by atoms with Crippen molar-refractivity contribution in [3.05, 3.63) is 200 Å². The minimum Gasteiger partial charge on any atom is -0.309 e. The minimum atomic E-state index is -3.25. The maximum atomic E-state index is 15.9. The van der Waals surface area contributed by atoms with Gasteiger partial charge in [0, 0.05) is 43.8 Å². The number of aromatic nitrogens is 4. The zero-order chi connectivity index (χ0) is 37.9. The van der Waals surface area contributed by atoms with Gasteiger partial charge in [-0.3, -0.25) is 0 Å². The fourth-order valence-corrected chi connectivity index (χ4v) is 11.7. The Morgan fingerprint density at radius 3 is 1.54 bits per heavy atom. The molecule has 1 unspecified atom stereocenters. The van der Waals surface area contributed by atoms with E-state index >= 15 is 4.57 Å². The number of hydrogen-bond donors (Lipinski definition) is 0. The van der Waals surface area contributed by atoms with E-state index in [9.17, 15) is 0 Å². The third kappa shape index (κ3) is 5.32. The topological polar surface area (TPSA) is 60.7 Å². The Hall–Kier alpha value is -7.20. The van der Waals surface area contributed by atoms with Gasteiger partial charge in [0.1, 0.15) is 0 Å². The van der Waals surface area contributed by atoms with Gasteiger partial charge in [-0.2, -0.15) is 0 Å². The molecule has 1 aliphatic rings. The largest absolute Gasteiger partial charge is 0.309 e. The van der Waals surface area contributed by atoms with E-state index in [1.807, 2.05) is 84.9 Å². The molecule has 0 saturated heterocycles. The van der Waals surface area contributed by atoms with Crippen LogP contribution >= 0.6 is 7.14 Å². The molecule has 1 atom stereocenters. The molecular weight excluding hydrogens is 716 g/mol. The molecule has 11 rings (SSSR count). The molecule has 10 aromatic rings. The summed E-state index contributed by atoms with van der Waals surface area (Å²) in [7, 11) is -3.25. The molecule has 1 aliphatic heterocycles. The molecule has 0 radical (unpaired) electrons. The molecule has 268 valence electrons. The zero-order valence-corrected chi connectivity index (χ0v) is 31.6. The summed E-state index contributed by atoms with van der Waals surface area (Å²) in [5.74, 6) is 1.81. The van der Waals surface area contributed by atoms with Crippen LogP contribution in [0.5, 0.6) is 0 Å². The van der Waals surface area contributed by atoms with E-state index in [-0.39, 0.29) is 0 Å². The van der Waals surface area contributed by atoms with E-state index < -0.39 is 7.14 Å². The third-order valence-electron chi connectivity index (χ3n) is 11.1. The summed E-state index contributed by atoms with van der Waals surface area (Å²) < 4.78 is 18.2. The van der Waals surface area contributed by atoms with Crippen molar-refractivity contribution < 1.29 is 4.57 Å². The predicted molar refractivity (Wildman–Crippen MR) is 234 cm³/mol. The first-order valence-electron chi connectivity index (χ1n) is 19.1. The molecule has 0 spiro atoms. The van der Waals surface area contributed by atoms with Crippen LogP contribution in [0.15, 0.2) is 200 Å². The van der Waals surface area contributed by atoms with Gasteiger partial charge in [-0.25, -0.2) is 15.0 Å². The lowest BCUT2D eigenvalue weighted by Gasteiger charge is -2.18. The number of fused-ring (bicyclic) bond motifs is 7. The molecule has 0 bridgehead atoms. The summed E-state index contributed by atoms with van der Waals surface area (Å²) in [6, 6.07) is 68.2. The molecule has 0 amide bonds. The van der Waals surface area contributed by atoms with Crippen LogP contribution in [0.25, 0.3) is 83.9 Å². The Bertz CT molecular complexity index is 3180. The van der Waals surface area contributed by atoms with Gasteiger partial charge in [-0.1, -0.05) is 170 Å². The Kier molecular flexibility index (Phi) is 7.70. The molecule has 5 nitrogen and oxygen atoms in total. The highest BCUT2D eigenvalue weighted by molar-refractivity contribution is 7.86. The van der Waals surface area contributed by atoms with Gasteiger partial charge in [-0.05, 0) is 52.6 Å². The summed E-state index contributed by atoms with van der Waals surface area (Å²) in [5.41, 5.74) is 10.0. The highest BCUT2D eigenvalue weighted by Gasteiger charge is 2.42. The number of hydrogen-bond acceptors (Lipinski definition) is 4. The molecule has 8 aromatic carbocycles. The third-order valence-corrected chi connectivity index (χ3v) is 14.3. The molecule has 0 saturated carbocycles. The van der Waals surface area contributed by atoms with E-state index in [0.717, 1.165) is 82.4 Å². The van der Waals surface area contributed by atoms with Crippen LogP contribution in [0.2, 0.25) is 0 Å². The van der Waals surface area contributed by atoms with Gasteiger partial charge < -0.3 is 9.13 Å². The molecule has 0 N–H and O–H groups in total. The Morgan fingerprint density at radius 1 is 0.386 bits per heavy atom. The maximum absolute atomic E-state index is 15.9. The van der Waals surface area contributed by atoms with Crippen molar-refractivity contribution >= 4 is 44.9 Å². The lowest BCUT2D eigenvalue weighted by molar-refractivity contribution is 0.593. The van der Waals surface area contributed by atoms with Crippen LogP contribution in [0, 0.1) is 0 Å². The van der Waals surface area contributed by atoms with Crippen LogP contribution in [0.1, 0.15) is 0 Å². The van der Waals surface area contributed by atoms with E-state index in [1.165, 1.54) is 0 Å². The number of benzene rings is 8. The van der Waals surface area contributed by atoms with Gasteiger partial charge in [0.15, 0.2) is 24.6 Å². The second-order valence-corrected chi connectivity index (χ2v) is 17.0. The first-order chi connectivity index (χ1) is 28.1. The second kappa shape index (κ2) is 13.2.